The van der Waals surface area contributed by atoms with Gasteiger partial charge in [-0.15, -0.1) is 11.3 Å². The number of carbonyl (C=O) groups is 1. The van der Waals surface area contributed by atoms with Crippen molar-refractivity contribution in [1.82, 2.24) is 4.90 Å². The highest BCUT2D eigenvalue weighted by molar-refractivity contribution is 7.09. The second-order valence-electron chi connectivity index (χ2n) is 5.53. The van der Waals surface area contributed by atoms with E-state index in [1.165, 1.54) is 11.1 Å². The summed E-state index contributed by atoms with van der Waals surface area (Å²) in [6, 6.07) is 17.8. The van der Waals surface area contributed by atoms with Crippen molar-refractivity contribution in [3.8, 4) is 0 Å². The maximum Gasteiger partial charge on any atom is 0.290 e. The molecule has 1 aromatic carbocycles. The van der Waals surface area contributed by atoms with E-state index in [1.807, 2.05) is 41.3 Å². The van der Waals surface area contributed by atoms with Gasteiger partial charge < -0.3 is 9.32 Å². The molecule has 3 aromatic rings. The zero-order chi connectivity index (χ0) is 16.1. The minimum atomic E-state index is -0.0668. The van der Waals surface area contributed by atoms with Crippen molar-refractivity contribution in [3.63, 3.8) is 0 Å². The number of thiophene rings is 1. The molecule has 0 bridgehead atoms. The Morgan fingerprint density at radius 3 is 2.61 bits per heavy atom. The van der Waals surface area contributed by atoms with Gasteiger partial charge in [0.15, 0.2) is 5.76 Å². The Bertz CT molecular complexity index is 720. The molecule has 23 heavy (non-hydrogen) atoms. The third kappa shape index (κ3) is 3.90. The highest BCUT2D eigenvalue weighted by atomic mass is 32.1. The second kappa shape index (κ2) is 7.29. The first kappa shape index (κ1) is 15.6. The van der Waals surface area contributed by atoms with Gasteiger partial charge >= 0.3 is 0 Å². The lowest BCUT2D eigenvalue weighted by Crippen LogP contribution is -2.39. The summed E-state index contributed by atoms with van der Waals surface area (Å²) in [4.78, 5) is 16.0. The summed E-state index contributed by atoms with van der Waals surface area (Å²) in [7, 11) is 0. The Morgan fingerprint density at radius 1 is 1.13 bits per heavy atom. The number of hydrogen-bond acceptors (Lipinski definition) is 3. The second-order valence-corrected chi connectivity index (χ2v) is 6.56. The SMILES string of the molecule is C[C@H](Cc1cccs1)N(Cc1ccccc1)C(=O)c1ccco1. The number of carbonyl (C=O) groups excluding carboxylic acids is 1. The van der Waals surface area contributed by atoms with Crippen LogP contribution in [0.2, 0.25) is 0 Å². The highest BCUT2D eigenvalue weighted by Crippen LogP contribution is 2.19. The smallest absolute Gasteiger partial charge is 0.290 e. The summed E-state index contributed by atoms with van der Waals surface area (Å²) >= 11 is 1.72. The molecule has 0 aliphatic heterocycles. The van der Waals surface area contributed by atoms with Gasteiger partial charge in [-0.05, 0) is 36.1 Å². The fourth-order valence-corrected chi connectivity index (χ4v) is 3.41. The fourth-order valence-electron chi connectivity index (χ4n) is 2.58. The Kier molecular flexibility index (Phi) is 4.93. The summed E-state index contributed by atoms with van der Waals surface area (Å²) in [5.74, 6) is 0.321. The molecular formula is C19H19NO2S. The lowest BCUT2D eigenvalue weighted by molar-refractivity contribution is 0.0643. The Balaban J connectivity index is 1.81. The third-order valence-electron chi connectivity index (χ3n) is 3.80. The largest absolute Gasteiger partial charge is 0.459 e. The molecule has 0 saturated carbocycles. The topological polar surface area (TPSA) is 33.5 Å². The van der Waals surface area contributed by atoms with Crippen LogP contribution >= 0.6 is 11.3 Å². The predicted octanol–water partition coefficient (Wildman–Crippen LogP) is 4.61. The number of furan rings is 1. The van der Waals surface area contributed by atoms with Crippen molar-refractivity contribution >= 4 is 17.2 Å². The molecule has 118 valence electrons. The van der Waals surface area contributed by atoms with Crippen LogP contribution in [-0.4, -0.2) is 16.8 Å². The minimum absolute atomic E-state index is 0.0668. The van der Waals surface area contributed by atoms with Crippen LogP contribution in [0.5, 0.6) is 0 Å². The molecule has 0 radical (unpaired) electrons. The van der Waals surface area contributed by atoms with Crippen LogP contribution in [0.15, 0.2) is 70.7 Å². The molecule has 2 aromatic heterocycles. The summed E-state index contributed by atoms with van der Waals surface area (Å²) in [6.45, 7) is 2.66. The average molecular weight is 325 g/mol. The van der Waals surface area contributed by atoms with Crippen molar-refractivity contribution in [1.29, 1.82) is 0 Å². The number of hydrogen-bond donors (Lipinski definition) is 0. The number of rotatable bonds is 6. The molecule has 0 aliphatic rings. The summed E-state index contributed by atoms with van der Waals surface area (Å²) in [6.07, 6.45) is 2.38. The molecule has 1 atom stereocenters. The molecule has 2 heterocycles. The van der Waals surface area contributed by atoms with E-state index in [9.17, 15) is 4.79 Å². The van der Waals surface area contributed by atoms with Gasteiger partial charge in [0, 0.05) is 23.9 Å². The molecule has 0 saturated heterocycles. The van der Waals surface area contributed by atoms with Crippen molar-refractivity contribution in [2.24, 2.45) is 0 Å². The van der Waals surface area contributed by atoms with Crippen molar-refractivity contribution < 1.29 is 9.21 Å². The van der Waals surface area contributed by atoms with Gasteiger partial charge in [-0.2, -0.15) is 0 Å². The molecule has 3 nitrogen and oxygen atoms in total. The molecule has 4 heteroatoms. The van der Waals surface area contributed by atoms with Gasteiger partial charge in [-0.3, -0.25) is 4.79 Å². The zero-order valence-electron chi connectivity index (χ0n) is 13.0. The normalized spacial score (nSPS) is 12.0. The summed E-state index contributed by atoms with van der Waals surface area (Å²) in [5.41, 5.74) is 1.12. The van der Waals surface area contributed by atoms with Crippen LogP contribution in [0, 0.1) is 0 Å². The highest BCUT2D eigenvalue weighted by Gasteiger charge is 2.24. The quantitative estimate of drug-likeness (QED) is 0.663. The molecular weight excluding hydrogens is 306 g/mol. The van der Waals surface area contributed by atoms with Crippen LogP contribution in [0.4, 0.5) is 0 Å². The monoisotopic (exact) mass is 325 g/mol. The maximum atomic E-state index is 12.8. The lowest BCUT2D eigenvalue weighted by Gasteiger charge is -2.28. The predicted molar refractivity (Wildman–Crippen MR) is 92.5 cm³/mol. The van der Waals surface area contributed by atoms with Crippen molar-refractivity contribution in [2.45, 2.75) is 25.9 Å². The van der Waals surface area contributed by atoms with Crippen LogP contribution in [0.1, 0.15) is 27.9 Å². The minimum Gasteiger partial charge on any atom is -0.459 e. The van der Waals surface area contributed by atoms with E-state index in [0.29, 0.717) is 12.3 Å². The first-order valence-corrected chi connectivity index (χ1v) is 8.53. The van der Waals surface area contributed by atoms with Gasteiger partial charge in [0.1, 0.15) is 0 Å². The third-order valence-corrected chi connectivity index (χ3v) is 4.70. The van der Waals surface area contributed by atoms with Crippen LogP contribution in [-0.2, 0) is 13.0 Å². The van der Waals surface area contributed by atoms with E-state index >= 15 is 0 Å². The van der Waals surface area contributed by atoms with E-state index < -0.39 is 0 Å². The Hall–Kier alpha value is -2.33. The van der Waals surface area contributed by atoms with E-state index in [4.69, 9.17) is 4.42 Å². The van der Waals surface area contributed by atoms with Gasteiger partial charge in [-0.1, -0.05) is 36.4 Å². The van der Waals surface area contributed by atoms with Crippen LogP contribution in [0.25, 0.3) is 0 Å². The first-order valence-electron chi connectivity index (χ1n) is 7.65. The van der Waals surface area contributed by atoms with Gasteiger partial charge in [-0.25, -0.2) is 0 Å². The number of benzene rings is 1. The first-order chi connectivity index (χ1) is 11.2. The molecule has 0 aliphatic carbocycles. The Morgan fingerprint density at radius 2 is 1.96 bits per heavy atom. The number of nitrogens with zero attached hydrogens (tertiary/aromatic N) is 1. The van der Waals surface area contributed by atoms with E-state index in [0.717, 1.165) is 12.0 Å². The van der Waals surface area contributed by atoms with Gasteiger partial charge in [0.25, 0.3) is 5.91 Å². The maximum absolute atomic E-state index is 12.8. The number of amides is 1. The molecule has 0 spiro atoms. The van der Waals surface area contributed by atoms with Gasteiger partial charge in [0.2, 0.25) is 0 Å². The molecule has 0 N–H and O–H groups in total. The molecule has 3 rings (SSSR count). The van der Waals surface area contributed by atoms with Crippen LogP contribution < -0.4 is 0 Å². The molecule has 1 amide bonds. The Labute approximate surface area is 140 Å². The zero-order valence-corrected chi connectivity index (χ0v) is 13.8. The van der Waals surface area contributed by atoms with Gasteiger partial charge in [0.05, 0.1) is 6.26 Å². The van der Waals surface area contributed by atoms with E-state index in [-0.39, 0.29) is 11.9 Å². The molecule has 0 fully saturated rings. The standard InChI is InChI=1S/C19H19NO2S/c1-15(13-17-9-6-12-23-17)20(14-16-7-3-2-4-8-16)19(21)18-10-5-11-22-18/h2-12,15H,13-14H2,1H3/t15-/m1/s1. The van der Waals surface area contributed by atoms with Crippen molar-refractivity contribution in [2.75, 3.05) is 0 Å². The summed E-state index contributed by atoms with van der Waals surface area (Å²) < 4.78 is 5.31. The lowest BCUT2D eigenvalue weighted by atomic mass is 10.1. The fraction of sp³-hybridized carbons (Fsp3) is 0.211. The molecule has 0 unspecified atom stereocenters. The van der Waals surface area contributed by atoms with Crippen molar-refractivity contribution in [3.05, 3.63) is 82.4 Å². The average Bonchev–Trinajstić information content (AvgIpc) is 3.26. The summed E-state index contributed by atoms with van der Waals surface area (Å²) in [5, 5.41) is 2.07. The van der Waals surface area contributed by atoms with E-state index in [2.05, 4.69) is 18.4 Å². The van der Waals surface area contributed by atoms with E-state index in [1.54, 1.807) is 23.5 Å². The van der Waals surface area contributed by atoms with Crippen LogP contribution in [0.3, 0.4) is 0 Å².